The first kappa shape index (κ1) is 11.8. The van der Waals surface area contributed by atoms with Gasteiger partial charge in [0, 0.05) is 17.3 Å². The number of hydrogen-bond acceptors (Lipinski definition) is 2. The quantitative estimate of drug-likeness (QED) is 0.870. The van der Waals surface area contributed by atoms with E-state index in [0.717, 1.165) is 17.9 Å². The first-order valence-corrected chi connectivity index (χ1v) is 6.87. The number of fused-ring (bicyclic) bond motifs is 1. The molecule has 1 saturated carbocycles. The second-order valence-electron chi connectivity index (χ2n) is 5.69. The van der Waals surface area contributed by atoms with E-state index in [1.54, 1.807) is 0 Å². The monoisotopic (exact) mass is 243 g/mol. The fourth-order valence-electron chi connectivity index (χ4n) is 3.34. The molecule has 3 rings (SSSR count). The van der Waals surface area contributed by atoms with Crippen molar-refractivity contribution in [2.24, 2.45) is 5.73 Å². The average Bonchev–Trinajstić information content (AvgIpc) is 2.97. The zero-order valence-corrected chi connectivity index (χ0v) is 11.3. The molecule has 1 aliphatic carbocycles. The van der Waals surface area contributed by atoms with Gasteiger partial charge in [-0.25, -0.2) is 0 Å². The normalized spacial score (nSPS) is 18.6. The van der Waals surface area contributed by atoms with Gasteiger partial charge in [-0.05, 0) is 49.9 Å². The second kappa shape index (κ2) is 4.13. The van der Waals surface area contributed by atoms with E-state index in [9.17, 15) is 0 Å². The molecule has 1 fully saturated rings. The maximum atomic E-state index is 6.06. The Kier molecular flexibility index (Phi) is 2.70. The number of hydrogen-bond donors (Lipinski definition) is 1. The minimum atomic E-state index is 0.214. The van der Waals surface area contributed by atoms with Gasteiger partial charge in [0.25, 0.3) is 0 Å². The fourth-order valence-corrected chi connectivity index (χ4v) is 3.34. The number of furan rings is 1. The predicted molar refractivity (Wildman–Crippen MR) is 74.9 cm³/mol. The summed E-state index contributed by atoms with van der Waals surface area (Å²) in [7, 11) is 0. The summed E-state index contributed by atoms with van der Waals surface area (Å²) in [5.41, 5.74) is 9.94. The van der Waals surface area contributed by atoms with Gasteiger partial charge >= 0.3 is 0 Å². The molecule has 0 spiro atoms. The Labute approximate surface area is 108 Å². The molecule has 18 heavy (non-hydrogen) atoms. The maximum Gasteiger partial charge on any atom is 0.134 e. The lowest BCUT2D eigenvalue weighted by atomic mass is 9.78. The molecular weight excluding hydrogens is 222 g/mol. The topological polar surface area (TPSA) is 39.2 Å². The summed E-state index contributed by atoms with van der Waals surface area (Å²) in [4.78, 5) is 0. The molecular formula is C16H21NO. The Morgan fingerprint density at radius 2 is 1.94 bits per heavy atom. The molecule has 96 valence electrons. The van der Waals surface area contributed by atoms with Gasteiger partial charge in [0.15, 0.2) is 0 Å². The molecule has 0 aliphatic heterocycles. The average molecular weight is 243 g/mol. The van der Waals surface area contributed by atoms with Gasteiger partial charge in [-0.2, -0.15) is 0 Å². The standard InChI is InChI=1S/C16H21NO/c1-11-12(2)18-15-6-5-13(9-14(11)15)16(10-17)7-3-4-8-16/h5-6,9H,3-4,7-8,10,17H2,1-2H3. The number of aryl methyl sites for hydroxylation is 2. The van der Waals surface area contributed by atoms with E-state index >= 15 is 0 Å². The van der Waals surface area contributed by atoms with Crippen LogP contribution in [-0.4, -0.2) is 6.54 Å². The van der Waals surface area contributed by atoms with Crippen LogP contribution in [0.1, 0.15) is 42.6 Å². The minimum absolute atomic E-state index is 0.214. The lowest BCUT2D eigenvalue weighted by Crippen LogP contribution is -2.31. The van der Waals surface area contributed by atoms with Crippen LogP contribution in [0.5, 0.6) is 0 Å². The molecule has 2 nitrogen and oxygen atoms in total. The van der Waals surface area contributed by atoms with Gasteiger partial charge in [-0.3, -0.25) is 0 Å². The number of rotatable bonds is 2. The van der Waals surface area contributed by atoms with Crippen molar-refractivity contribution in [3.8, 4) is 0 Å². The molecule has 0 atom stereocenters. The Morgan fingerprint density at radius 1 is 1.22 bits per heavy atom. The Bertz CT molecular complexity index is 576. The van der Waals surface area contributed by atoms with Crippen LogP contribution in [0.2, 0.25) is 0 Å². The highest BCUT2D eigenvalue weighted by Crippen LogP contribution is 2.41. The van der Waals surface area contributed by atoms with Crippen molar-refractivity contribution in [3.05, 3.63) is 35.1 Å². The first-order valence-electron chi connectivity index (χ1n) is 6.87. The van der Waals surface area contributed by atoms with Crippen LogP contribution in [0.15, 0.2) is 22.6 Å². The zero-order valence-electron chi connectivity index (χ0n) is 11.3. The number of nitrogens with two attached hydrogens (primary N) is 1. The fraction of sp³-hybridized carbons (Fsp3) is 0.500. The molecule has 1 aromatic heterocycles. The van der Waals surface area contributed by atoms with E-state index in [1.165, 1.54) is 42.2 Å². The third kappa shape index (κ3) is 1.59. The Morgan fingerprint density at radius 3 is 2.61 bits per heavy atom. The lowest BCUT2D eigenvalue weighted by molar-refractivity contribution is 0.453. The van der Waals surface area contributed by atoms with Gasteiger partial charge in [0.05, 0.1) is 0 Å². The van der Waals surface area contributed by atoms with Crippen LogP contribution in [-0.2, 0) is 5.41 Å². The summed E-state index contributed by atoms with van der Waals surface area (Å²) < 4.78 is 5.75. The lowest BCUT2D eigenvalue weighted by Gasteiger charge is -2.27. The van der Waals surface area contributed by atoms with Crippen LogP contribution >= 0.6 is 0 Å². The van der Waals surface area contributed by atoms with E-state index in [0.29, 0.717) is 0 Å². The minimum Gasteiger partial charge on any atom is -0.461 e. The summed E-state index contributed by atoms with van der Waals surface area (Å²) in [5, 5.41) is 1.25. The summed E-state index contributed by atoms with van der Waals surface area (Å²) >= 11 is 0. The molecule has 0 bridgehead atoms. The second-order valence-corrected chi connectivity index (χ2v) is 5.69. The highest BCUT2D eigenvalue weighted by molar-refractivity contribution is 5.83. The van der Waals surface area contributed by atoms with Crippen molar-refractivity contribution in [1.29, 1.82) is 0 Å². The third-order valence-electron chi connectivity index (χ3n) is 4.74. The predicted octanol–water partition coefficient (Wildman–Crippen LogP) is 3.82. The summed E-state index contributed by atoms with van der Waals surface area (Å²) in [6.07, 6.45) is 5.06. The SMILES string of the molecule is Cc1oc2ccc(C3(CN)CCCC3)cc2c1C. The van der Waals surface area contributed by atoms with Gasteiger partial charge in [-0.1, -0.05) is 18.9 Å². The number of benzene rings is 1. The summed E-state index contributed by atoms with van der Waals surface area (Å²) in [6.45, 7) is 4.92. The maximum absolute atomic E-state index is 6.06. The molecule has 0 unspecified atom stereocenters. The van der Waals surface area contributed by atoms with E-state index in [-0.39, 0.29) is 5.41 Å². The zero-order chi connectivity index (χ0) is 12.8. The van der Waals surface area contributed by atoms with Crippen molar-refractivity contribution in [2.45, 2.75) is 44.9 Å². The Balaban J connectivity index is 2.15. The van der Waals surface area contributed by atoms with Crippen LogP contribution in [0, 0.1) is 13.8 Å². The molecule has 2 heteroatoms. The van der Waals surface area contributed by atoms with Crippen molar-refractivity contribution in [1.82, 2.24) is 0 Å². The van der Waals surface area contributed by atoms with Crippen molar-refractivity contribution in [3.63, 3.8) is 0 Å². The van der Waals surface area contributed by atoms with Crippen LogP contribution in [0.25, 0.3) is 11.0 Å². The van der Waals surface area contributed by atoms with Crippen molar-refractivity contribution < 1.29 is 4.42 Å². The van der Waals surface area contributed by atoms with Crippen molar-refractivity contribution >= 4 is 11.0 Å². The molecule has 1 heterocycles. The first-order chi connectivity index (χ1) is 8.66. The smallest absolute Gasteiger partial charge is 0.134 e. The molecule has 0 amide bonds. The molecule has 0 saturated heterocycles. The molecule has 0 radical (unpaired) electrons. The third-order valence-corrected chi connectivity index (χ3v) is 4.74. The molecule has 1 aliphatic rings. The van der Waals surface area contributed by atoms with E-state index in [4.69, 9.17) is 10.2 Å². The summed E-state index contributed by atoms with van der Waals surface area (Å²) in [6, 6.07) is 6.63. The largest absolute Gasteiger partial charge is 0.461 e. The van der Waals surface area contributed by atoms with E-state index < -0.39 is 0 Å². The van der Waals surface area contributed by atoms with Crippen LogP contribution < -0.4 is 5.73 Å². The molecule has 2 aromatic rings. The van der Waals surface area contributed by atoms with Crippen LogP contribution in [0.4, 0.5) is 0 Å². The Hall–Kier alpha value is -1.28. The van der Waals surface area contributed by atoms with Gasteiger partial charge in [0.1, 0.15) is 11.3 Å². The van der Waals surface area contributed by atoms with Crippen LogP contribution in [0.3, 0.4) is 0 Å². The highest BCUT2D eigenvalue weighted by atomic mass is 16.3. The van der Waals surface area contributed by atoms with Gasteiger partial charge in [-0.15, -0.1) is 0 Å². The van der Waals surface area contributed by atoms with E-state index in [2.05, 4.69) is 25.1 Å². The molecule has 1 aromatic carbocycles. The van der Waals surface area contributed by atoms with Crippen molar-refractivity contribution in [2.75, 3.05) is 6.54 Å². The van der Waals surface area contributed by atoms with Gasteiger partial charge in [0.2, 0.25) is 0 Å². The highest BCUT2D eigenvalue weighted by Gasteiger charge is 2.34. The molecule has 2 N–H and O–H groups in total. The summed E-state index contributed by atoms with van der Waals surface area (Å²) in [5.74, 6) is 1.02. The van der Waals surface area contributed by atoms with Gasteiger partial charge < -0.3 is 10.2 Å². The van der Waals surface area contributed by atoms with E-state index in [1.807, 2.05) is 6.92 Å².